The molecule has 2 N–H and O–H groups in total. The fourth-order valence-electron chi connectivity index (χ4n) is 2.35. The van der Waals surface area contributed by atoms with Gasteiger partial charge in [-0.3, -0.25) is 4.57 Å². The van der Waals surface area contributed by atoms with E-state index in [4.69, 9.17) is 14.9 Å². The molecule has 0 saturated carbocycles. The first-order valence-corrected chi connectivity index (χ1v) is 6.44. The SMILES string of the molecule is COc1cc2c(cc1F)nc(N)n2C(C)c1ncc(C)o1. The van der Waals surface area contributed by atoms with Crippen molar-refractivity contribution in [1.29, 1.82) is 0 Å². The van der Waals surface area contributed by atoms with Gasteiger partial charge in [-0.05, 0) is 13.8 Å². The highest BCUT2D eigenvalue weighted by Gasteiger charge is 2.21. The summed E-state index contributed by atoms with van der Waals surface area (Å²) in [4.78, 5) is 8.38. The van der Waals surface area contributed by atoms with Gasteiger partial charge in [0.1, 0.15) is 11.8 Å². The van der Waals surface area contributed by atoms with Crippen LogP contribution in [0.15, 0.2) is 22.7 Å². The third-order valence-electron chi connectivity index (χ3n) is 3.37. The molecule has 0 amide bonds. The van der Waals surface area contributed by atoms with Gasteiger partial charge in [0.25, 0.3) is 0 Å². The lowest BCUT2D eigenvalue weighted by Crippen LogP contribution is -2.10. The van der Waals surface area contributed by atoms with E-state index in [0.29, 0.717) is 22.7 Å². The van der Waals surface area contributed by atoms with E-state index >= 15 is 0 Å². The highest BCUT2D eigenvalue weighted by molar-refractivity contribution is 5.80. The van der Waals surface area contributed by atoms with Gasteiger partial charge in [0.05, 0.1) is 24.3 Å². The number of anilines is 1. The zero-order valence-corrected chi connectivity index (χ0v) is 11.9. The standard InChI is InChI=1S/C14H15FN4O2/c1-7-6-17-13(21-7)8(2)19-11-5-12(20-3)9(15)4-10(11)18-14(19)16/h4-6,8H,1-3H3,(H2,16,18). The van der Waals surface area contributed by atoms with Gasteiger partial charge in [0.15, 0.2) is 11.6 Å². The average Bonchev–Trinajstić information content (AvgIpc) is 3.00. The Morgan fingerprint density at radius 1 is 1.43 bits per heavy atom. The number of fused-ring (bicyclic) bond motifs is 1. The van der Waals surface area contributed by atoms with E-state index in [2.05, 4.69) is 9.97 Å². The van der Waals surface area contributed by atoms with Gasteiger partial charge >= 0.3 is 0 Å². The largest absolute Gasteiger partial charge is 0.494 e. The molecule has 0 spiro atoms. The number of hydrogen-bond donors (Lipinski definition) is 1. The maximum Gasteiger partial charge on any atom is 0.217 e. The Hall–Kier alpha value is -2.57. The minimum absolute atomic E-state index is 0.138. The van der Waals surface area contributed by atoms with Gasteiger partial charge in [0, 0.05) is 12.1 Å². The van der Waals surface area contributed by atoms with Crippen LogP contribution in [-0.4, -0.2) is 21.6 Å². The van der Waals surface area contributed by atoms with Crippen molar-refractivity contribution in [3.63, 3.8) is 0 Å². The number of methoxy groups -OCH3 is 1. The van der Waals surface area contributed by atoms with Crippen molar-refractivity contribution in [3.8, 4) is 5.75 Å². The lowest BCUT2D eigenvalue weighted by molar-refractivity contribution is 0.387. The molecule has 0 radical (unpaired) electrons. The van der Waals surface area contributed by atoms with Crippen molar-refractivity contribution in [2.45, 2.75) is 19.9 Å². The number of imidazole rings is 1. The van der Waals surface area contributed by atoms with Crippen LogP contribution in [0.4, 0.5) is 10.3 Å². The summed E-state index contributed by atoms with van der Waals surface area (Å²) in [5.74, 6) is 1.15. The number of rotatable bonds is 3. The normalized spacial score (nSPS) is 12.8. The molecule has 6 nitrogen and oxygen atoms in total. The number of halogens is 1. The zero-order chi connectivity index (χ0) is 15.1. The van der Waals surface area contributed by atoms with E-state index in [9.17, 15) is 4.39 Å². The molecule has 7 heteroatoms. The maximum absolute atomic E-state index is 13.7. The number of oxazole rings is 1. The first-order chi connectivity index (χ1) is 10.0. The van der Waals surface area contributed by atoms with Crippen LogP contribution in [0, 0.1) is 12.7 Å². The number of ether oxygens (including phenoxy) is 1. The van der Waals surface area contributed by atoms with Gasteiger partial charge in [0.2, 0.25) is 11.8 Å². The molecule has 1 atom stereocenters. The Morgan fingerprint density at radius 3 is 2.81 bits per heavy atom. The topological polar surface area (TPSA) is 79.1 Å². The smallest absolute Gasteiger partial charge is 0.217 e. The maximum atomic E-state index is 13.7. The minimum Gasteiger partial charge on any atom is -0.494 e. The predicted octanol–water partition coefficient (Wildman–Crippen LogP) is 2.67. The summed E-state index contributed by atoms with van der Waals surface area (Å²) in [6.45, 7) is 3.70. The molecule has 21 heavy (non-hydrogen) atoms. The quantitative estimate of drug-likeness (QED) is 0.802. The van der Waals surface area contributed by atoms with Crippen molar-refractivity contribution in [3.05, 3.63) is 35.8 Å². The average molecular weight is 290 g/mol. The Balaban J connectivity index is 2.19. The fraction of sp³-hybridized carbons (Fsp3) is 0.286. The number of hydrogen-bond acceptors (Lipinski definition) is 5. The Labute approximate surface area is 120 Å². The van der Waals surface area contributed by atoms with E-state index in [1.165, 1.54) is 13.2 Å². The van der Waals surface area contributed by atoms with Gasteiger partial charge in [-0.1, -0.05) is 0 Å². The number of nitrogens with zero attached hydrogens (tertiary/aromatic N) is 3. The van der Waals surface area contributed by atoms with Crippen LogP contribution in [0.2, 0.25) is 0 Å². The Bertz CT molecular complexity index is 809. The summed E-state index contributed by atoms with van der Waals surface area (Å²) in [6, 6.07) is 2.60. The first-order valence-electron chi connectivity index (χ1n) is 6.44. The highest BCUT2D eigenvalue weighted by atomic mass is 19.1. The third-order valence-corrected chi connectivity index (χ3v) is 3.37. The second-order valence-corrected chi connectivity index (χ2v) is 4.80. The molecule has 1 aromatic carbocycles. The van der Waals surface area contributed by atoms with Crippen LogP contribution < -0.4 is 10.5 Å². The number of nitrogens with two attached hydrogens (primary N) is 1. The predicted molar refractivity (Wildman–Crippen MR) is 75.7 cm³/mol. The van der Waals surface area contributed by atoms with Crippen molar-refractivity contribution in [2.24, 2.45) is 0 Å². The molecular formula is C14H15FN4O2. The van der Waals surface area contributed by atoms with Crippen LogP contribution >= 0.6 is 0 Å². The monoisotopic (exact) mass is 290 g/mol. The van der Waals surface area contributed by atoms with Gasteiger partial charge < -0.3 is 14.9 Å². The van der Waals surface area contributed by atoms with Crippen molar-refractivity contribution in [2.75, 3.05) is 12.8 Å². The summed E-state index contributed by atoms with van der Waals surface area (Å²) in [6.07, 6.45) is 1.64. The van der Waals surface area contributed by atoms with Crippen molar-refractivity contribution in [1.82, 2.24) is 14.5 Å². The lowest BCUT2D eigenvalue weighted by Gasteiger charge is -2.13. The fourth-order valence-corrected chi connectivity index (χ4v) is 2.35. The summed E-state index contributed by atoms with van der Waals surface area (Å²) in [5.41, 5.74) is 7.08. The van der Waals surface area contributed by atoms with Crippen LogP contribution in [0.1, 0.15) is 24.6 Å². The molecule has 0 fully saturated rings. The molecular weight excluding hydrogens is 275 g/mol. The summed E-state index contributed by atoms with van der Waals surface area (Å²) in [7, 11) is 1.41. The second kappa shape index (κ2) is 4.76. The van der Waals surface area contributed by atoms with Crippen LogP contribution in [-0.2, 0) is 0 Å². The van der Waals surface area contributed by atoms with E-state index in [1.807, 2.05) is 13.8 Å². The van der Waals surface area contributed by atoms with E-state index < -0.39 is 5.82 Å². The van der Waals surface area contributed by atoms with E-state index in [-0.39, 0.29) is 17.7 Å². The molecule has 3 rings (SSSR count). The van der Waals surface area contributed by atoms with Crippen LogP contribution in [0.3, 0.4) is 0 Å². The summed E-state index contributed by atoms with van der Waals surface area (Å²) in [5, 5.41) is 0. The zero-order valence-electron chi connectivity index (χ0n) is 11.9. The molecule has 2 heterocycles. The minimum atomic E-state index is -0.478. The van der Waals surface area contributed by atoms with Crippen LogP contribution in [0.25, 0.3) is 11.0 Å². The summed E-state index contributed by atoms with van der Waals surface area (Å²) >= 11 is 0. The van der Waals surface area contributed by atoms with E-state index in [0.717, 1.165) is 0 Å². The third kappa shape index (κ3) is 2.10. The van der Waals surface area contributed by atoms with Gasteiger partial charge in [-0.15, -0.1) is 0 Å². The van der Waals surface area contributed by atoms with Crippen LogP contribution in [0.5, 0.6) is 5.75 Å². The van der Waals surface area contributed by atoms with Gasteiger partial charge in [-0.25, -0.2) is 14.4 Å². The molecule has 0 saturated heterocycles. The number of aromatic nitrogens is 3. The second-order valence-electron chi connectivity index (χ2n) is 4.80. The molecule has 0 aliphatic rings. The highest BCUT2D eigenvalue weighted by Crippen LogP contribution is 2.31. The molecule has 0 bridgehead atoms. The van der Waals surface area contributed by atoms with Crippen molar-refractivity contribution < 1.29 is 13.5 Å². The molecule has 2 aromatic heterocycles. The number of aryl methyl sites for hydroxylation is 1. The molecule has 0 aliphatic heterocycles. The summed E-state index contributed by atoms with van der Waals surface area (Å²) < 4.78 is 26.0. The number of benzene rings is 1. The Morgan fingerprint density at radius 2 is 2.19 bits per heavy atom. The molecule has 3 aromatic rings. The lowest BCUT2D eigenvalue weighted by atomic mass is 10.2. The van der Waals surface area contributed by atoms with E-state index in [1.54, 1.807) is 16.8 Å². The molecule has 1 unspecified atom stereocenters. The van der Waals surface area contributed by atoms with Crippen molar-refractivity contribution >= 4 is 17.0 Å². The molecule has 0 aliphatic carbocycles. The number of nitrogen functional groups attached to an aromatic ring is 1. The Kier molecular flexibility index (Phi) is 3.04. The van der Waals surface area contributed by atoms with Gasteiger partial charge in [-0.2, -0.15) is 0 Å². The first kappa shape index (κ1) is 13.4. The molecule has 110 valence electrons.